The molecule has 6 heteroatoms. The quantitative estimate of drug-likeness (QED) is 0.692. The monoisotopic (exact) mass is 328 g/mol. The summed E-state index contributed by atoms with van der Waals surface area (Å²) in [5.74, 6) is 0.103. The van der Waals surface area contributed by atoms with Crippen LogP contribution in [0.4, 0.5) is 5.13 Å². The van der Waals surface area contributed by atoms with E-state index in [-0.39, 0.29) is 24.4 Å². The third-order valence-electron chi connectivity index (χ3n) is 4.47. The number of anilines is 1. The van der Waals surface area contributed by atoms with Crippen molar-refractivity contribution in [1.29, 1.82) is 0 Å². The van der Waals surface area contributed by atoms with Gasteiger partial charge in [0.25, 0.3) is 5.91 Å². The number of carbonyl (C=O) groups excluding carboxylic acids is 2. The molecule has 0 unspecified atom stereocenters. The molecule has 0 saturated heterocycles. The van der Waals surface area contributed by atoms with E-state index in [9.17, 15) is 9.59 Å². The van der Waals surface area contributed by atoms with E-state index in [4.69, 9.17) is 4.74 Å². The fourth-order valence-electron chi connectivity index (χ4n) is 3.38. The highest BCUT2D eigenvalue weighted by atomic mass is 32.1. The molecule has 2 aliphatic carbocycles. The maximum atomic E-state index is 12.1. The lowest BCUT2D eigenvalue weighted by atomic mass is 9.94. The van der Waals surface area contributed by atoms with E-state index in [2.05, 4.69) is 22.5 Å². The molecular formula is C17H16N2O3S. The number of para-hydroxylation sites is 1. The molecule has 0 radical (unpaired) electrons. The summed E-state index contributed by atoms with van der Waals surface area (Å²) in [6, 6.07) is 7.67. The molecule has 1 saturated carbocycles. The molecule has 1 aromatic carbocycles. The average molecular weight is 328 g/mol. The summed E-state index contributed by atoms with van der Waals surface area (Å²) in [4.78, 5) is 28.3. The number of allylic oxidation sites excluding steroid dienone is 2. The second kappa shape index (κ2) is 5.77. The zero-order valence-corrected chi connectivity index (χ0v) is 13.2. The predicted octanol–water partition coefficient (Wildman–Crippen LogP) is 2.99. The second-order valence-corrected chi connectivity index (χ2v) is 7.06. The molecular weight excluding hydrogens is 312 g/mol. The molecule has 1 heterocycles. The Kier molecular flexibility index (Phi) is 3.61. The van der Waals surface area contributed by atoms with E-state index in [1.165, 1.54) is 11.3 Å². The fourth-order valence-corrected chi connectivity index (χ4v) is 4.26. The van der Waals surface area contributed by atoms with Gasteiger partial charge in [-0.3, -0.25) is 14.9 Å². The number of nitrogens with zero attached hydrogens (tertiary/aromatic N) is 1. The molecule has 1 amide bonds. The van der Waals surface area contributed by atoms with Gasteiger partial charge in [0.2, 0.25) is 0 Å². The number of carbonyl (C=O) groups is 2. The molecule has 1 N–H and O–H groups in total. The van der Waals surface area contributed by atoms with Gasteiger partial charge in [-0.15, -0.1) is 0 Å². The van der Waals surface area contributed by atoms with Gasteiger partial charge >= 0.3 is 5.97 Å². The Bertz CT molecular complexity index is 765. The van der Waals surface area contributed by atoms with Gasteiger partial charge in [-0.25, -0.2) is 4.98 Å². The van der Waals surface area contributed by atoms with Crippen molar-refractivity contribution < 1.29 is 14.3 Å². The Morgan fingerprint density at radius 2 is 2.13 bits per heavy atom. The maximum Gasteiger partial charge on any atom is 0.310 e. The minimum atomic E-state index is -0.351. The number of aromatic nitrogens is 1. The smallest absolute Gasteiger partial charge is 0.310 e. The number of hydrogen-bond donors (Lipinski definition) is 1. The van der Waals surface area contributed by atoms with Crippen molar-refractivity contribution in [1.82, 2.24) is 4.98 Å². The van der Waals surface area contributed by atoms with Crippen LogP contribution in [0.25, 0.3) is 10.2 Å². The van der Waals surface area contributed by atoms with Gasteiger partial charge in [0.05, 0.1) is 16.1 Å². The van der Waals surface area contributed by atoms with Crippen LogP contribution >= 0.6 is 11.3 Å². The summed E-state index contributed by atoms with van der Waals surface area (Å²) in [6.07, 6.45) is 6.16. The van der Waals surface area contributed by atoms with Crippen molar-refractivity contribution in [3.63, 3.8) is 0 Å². The van der Waals surface area contributed by atoms with E-state index >= 15 is 0 Å². The van der Waals surface area contributed by atoms with Crippen molar-refractivity contribution in [3.8, 4) is 0 Å². The molecule has 3 atom stereocenters. The van der Waals surface area contributed by atoms with Crippen LogP contribution in [0.15, 0.2) is 36.4 Å². The summed E-state index contributed by atoms with van der Waals surface area (Å²) < 4.78 is 6.19. The van der Waals surface area contributed by atoms with Crippen LogP contribution in [0.5, 0.6) is 0 Å². The van der Waals surface area contributed by atoms with Gasteiger partial charge in [-0.2, -0.15) is 0 Å². The summed E-state index contributed by atoms with van der Waals surface area (Å²) in [7, 11) is 0. The first-order chi connectivity index (χ1) is 11.2. The van der Waals surface area contributed by atoms with Crippen LogP contribution < -0.4 is 5.32 Å². The topological polar surface area (TPSA) is 68.3 Å². The molecule has 2 aromatic rings. The highest BCUT2D eigenvalue weighted by Crippen LogP contribution is 2.43. The van der Waals surface area contributed by atoms with Crippen LogP contribution in [-0.2, 0) is 14.3 Å². The van der Waals surface area contributed by atoms with Gasteiger partial charge in [0.1, 0.15) is 0 Å². The van der Waals surface area contributed by atoms with Crippen LogP contribution in [0, 0.1) is 17.8 Å². The van der Waals surface area contributed by atoms with Crippen molar-refractivity contribution in [3.05, 3.63) is 36.4 Å². The Balaban J connectivity index is 1.31. The highest BCUT2D eigenvalue weighted by molar-refractivity contribution is 7.22. The molecule has 23 heavy (non-hydrogen) atoms. The van der Waals surface area contributed by atoms with E-state index in [0.29, 0.717) is 17.0 Å². The molecule has 1 aromatic heterocycles. The Hall–Kier alpha value is -2.21. The number of hydrogen-bond acceptors (Lipinski definition) is 5. The van der Waals surface area contributed by atoms with Gasteiger partial charge < -0.3 is 4.74 Å². The Labute approximate surface area is 137 Å². The first-order valence-electron chi connectivity index (χ1n) is 7.69. The molecule has 5 nitrogen and oxygen atoms in total. The maximum absolute atomic E-state index is 12.1. The zero-order valence-electron chi connectivity index (χ0n) is 12.4. The Morgan fingerprint density at radius 3 is 2.87 bits per heavy atom. The van der Waals surface area contributed by atoms with Crippen LogP contribution in [0.3, 0.4) is 0 Å². The van der Waals surface area contributed by atoms with Crippen molar-refractivity contribution >= 4 is 38.6 Å². The highest BCUT2D eigenvalue weighted by Gasteiger charge is 2.40. The lowest BCUT2D eigenvalue weighted by Crippen LogP contribution is -2.26. The van der Waals surface area contributed by atoms with E-state index in [1.54, 1.807) is 0 Å². The SMILES string of the molecule is O=C(COC(=O)[C@H]1C[C@H]2C=C[C@H]1C2)Nc1nc2ccccc2s1. The average Bonchev–Trinajstić information content (AvgIpc) is 3.26. The van der Waals surface area contributed by atoms with Crippen molar-refractivity contribution in [2.75, 3.05) is 11.9 Å². The summed E-state index contributed by atoms with van der Waals surface area (Å²) in [5, 5.41) is 3.21. The molecule has 1 fully saturated rings. The lowest BCUT2D eigenvalue weighted by molar-refractivity contribution is -0.152. The van der Waals surface area contributed by atoms with Crippen molar-refractivity contribution in [2.24, 2.45) is 17.8 Å². The molecule has 2 bridgehead atoms. The number of esters is 1. The van der Waals surface area contributed by atoms with Gasteiger partial charge in [-0.05, 0) is 36.8 Å². The van der Waals surface area contributed by atoms with Gasteiger partial charge in [0.15, 0.2) is 11.7 Å². The van der Waals surface area contributed by atoms with Crippen molar-refractivity contribution in [2.45, 2.75) is 12.8 Å². The summed E-state index contributed by atoms with van der Waals surface area (Å²) in [6.45, 7) is -0.258. The molecule has 4 rings (SSSR count). The lowest BCUT2D eigenvalue weighted by Gasteiger charge is -2.16. The number of benzene rings is 1. The Morgan fingerprint density at radius 1 is 1.26 bits per heavy atom. The number of thiazole rings is 1. The number of rotatable bonds is 4. The number of nitrogens with one attached hydrogen (secondary N) is 1. The second-order valence-electron chi connectivity index (χ2n) is 6.03. The van der Waals surface area contributed by atoms with Crippen LogP contribution in [-0.4, -0.2) is 23.5 Å². The number of amides is 1. The first kappa shape index (κ1) is 14.4. The van der Waals surface area contributed by atoms with Gasteiger partial charge in [-0.1, -0.05) is 35.6 Å². The third-order valence-corrected chi connectivity index (χ3v) is 5.42. The first-order valence-corrected chi connectivity index (χ1v) is 8.51. The van der Waals surface area contributed by atoms with Crippen LogP contribution in [0.2, 0.25) is 0 Å². The number of ether oxygens (including phenoxy) is 1. The number of fused-ring (bicyclic) bond motifs is 3. The molecule has 0 spiro atoms. The third kappa shape index (κ3) is 2.86. The van der Waals surface area contributed by atoms with E-state index < -0.39 is 0 Å². The fraction of sp³-hybridized carbons (Fsp3) is 0.353. The summed E-state index contributed by atoms with van der Waals surface area (Å²) >= 11 is 1.40. The molecule has 118 valence electrons. The normalized spacial score (nSPS) is 25.0. The minimum absolute atomic E-state index is 0.0831. The van der Waals surface area contributed by atoms with Crippen LogP contribution in [0.1, 0.15) is 12.8 Å². The van der Waals surface area contributed by atoms with E-state index in [0.717, 1.165) is 23.1 Å². The van der Waals surface area contributed by atoms with E-state index in [1.807, 2.05) is 24.3 Å². The largest absolute Gasteiger partial charge is 0.455 e. The standard InChI is InChI=1S/C17H16N2O3S/c20-15(19-17-18-13-3-1-2-4-14(13)23-17)9-22-16(21)12-8-10-5-6-11(12)7-10/h1-6,10-12H,7-9H2,(H,18,19,20)/t10-,11-,12-/m0/s1. The predicted molar refractivity (Wildman–Crippen MR) is 88.1 cm³/mol. The molecule has 0 aliphatic heterocycles. The molecule has 2 aliphatic rings. The summed E-state index contributed by atoms with van der Waals surface area (Å²) in [5.41, 5.74) is 0.846. The van der Waals surface area contributed by atoms with Gasteiger partial charge in [0, 0.05) is 0 Å². The zero-order chi connectivity index (χ0) is 15.8. The minimum Gasteiger partial charge on any atom is -0.455 e.